The van der Waals surface area contributed by atoms with Gasteiger partial charge in [-0.15, -0.1) is 0 Å². The molecule has 2 aromatic carbocycles. The third-order valence-electron chi connectivity index (χ3n) is 4.58. The first-order valence-electron chi connectivity index (χ1n) is 9.22. The van der Waals surface area contributed by atoms with Gasteiger partial charge in [0, 0.05) is 6.54 Å². The lowest BCUT2D eigenvalue weighted by molar-refractivity contribution is -0.140. The number of aromatic nitrogens is 1. The number of ether oxygens (including phenoxy) is 3. The van der Waals surface area contributed by atoms with Gasteiger partial charge in [0.15, 0.2) is 16.3 Å². The van der Waals surface area contributed by atoms with Gasteiger partial charge in [0.2, 0.25) is 10.0 Å². The molecule has 0 saturated heterocycles. The molecule has 0 fully saturated rings. The van der Waals surface area contributed by atoms with Crippen LogP contribution in [-0.2, 0) is 26.1 Å². The number of para-hydroxylation sites is 1. The number of rotatable bonds is 7. The third-order valence-corrected chi connectivity index (χ3v) is 6.53. The number of primary sulfonamides is 1. The Kier molecular flexibility index (Phi) is 6.96. The van der Waals surface area contributed by atoms with Crippen molar-refractivity contribution in [3.63, 3.8) is 0 Å². The summed E-state index contributed by atoms with van der Waals surface area (Å²) in [7, 11) is 0.237. The summed E-state index contributed by atoms with van der Waals surface area (Å²) in [5.41, 5.74) is 0.782. The van der Waals surface area contributed by atoms with Crippen LogP contribution in [0.2, 0.25) is 0 Å². The van der Waals surface area contributed by atoms with Gasteiger partial charge in [0.1, 0.15) is 0 Å². The van der Waals surface area contributed by atoms with Crippen LogP contribution in [0.15, 0.2) is 46.3 Å². The molecule has 3 aromatic rings. The molecule has 0 saturated carbocycles. The predicted molar refractivity (Wildman–Crippen MR) is 117 cm³/mol. The van der Waals surface area contributed by atoms with E-state index in [9.17, 15) is 18.0 Å². The van der Waals surface area contributed by atoms with Crippen molar-refractivity contribution in [3.05, 3.63) is 46.8 Å². The van der Waals surface area contributed by atoms with E-state index in [2.05, 4.69) is 4.99 Å². The second-order valence-electron chi connectivity index (χ2n) is 6.49. The molecule has 12 heteroatoms. The van der Waals surface area contributed by atoms with Crippen molar-refractivity contribution < 1.29 is 32.2 Å². The molecule has 2 N–H and O–H groups in total. The van der Waals surface area contributed by atoms with Gasteiger partial charge in [-0.3, -0.25) is 9.59 Å². The van der Waals surface area contributed by atoms with E-state index in [0.29, 0.717) is 16.0 Å². The van der Waals surface area contributed by atoms with Crippen LogP contribution in [0.5, 0.6) is 11.5 Å². The normalized spacial score (nSPS) is 12.1. The highest BCUT2D eigenvalue weighted by Crippen LogP contribution is 2.31. The summed E-state index contributed by atoms with van der Waals surface area (Å²) in [5.74, 6) is -0.417. The van der Waals surface area contributed by atoms with Crippen molar-refractivity contribution in [2.75, 3.05) is 21.3 Å². The summed E-state index contributed by atoms with van der Waals surface area (Å²) in [6.07, 6.45) is 0.0309. The number of aryl methyl sites for hydroxylation is 1. The van der Waals surface area contributed by atoms with Crippen molar-refractivity contribution in [2.45, 2.75) is 17.9 Å². The zero-order chi connectivity index (χ0) is 23.5. The van der Waals surface area contributed by atoms with E-state index in [1.807, 2.05) is 0 Å². The molecule has 0 aliphatic carbocycles. The minimum atomic E-state index is -3.91. The Morgan fingerprint density at radius 3 is 2.50 bits per heavy atom. The summed E-state index contributed by atoms with van der Waals surface area (Å²) in [6.45, 7) is 0.169. The second kappa shape index (κ2) is 9.51. The Labute approximate surface area is 187 Å². The summed E-state index contributed by atoms with van der Waals surface area (Å²) in [5, 5.41) is 5.23. The first-order valence-corrected chi connectivity index (χ1v) is 11.6. The molecule has 1 heterocycles. The maximum absolute atomic E-state index is 13.0. The van der Waals surface area contributed by atoms with Crippen LogP contribution in [0.3, 0.4) is 0 Å². The van der Waals surface area contributed by atoms with Gasteiger partial charge in [-0.1, -0.05) is 17.4 Å². The molecule has 32 heavy (non-hydrogen) atoms. The monoisotopic (exact) mass is 479 g/mol. The molecule has 0 atom stereocenters. The van der Waals surface area contributed by atoms with Gasteiger partial charge in [0.05, 0.1) is 48.4 Å². The smallest absolute Gasteiger partial charge is 0.307 e. The first-order chi connectivity index (χ1) is 15.2. The number of carbonyl (C=O) groups excluding carboxylic acids is 2. The van der Waals surface area contributed by atoms with E-state index in [1.165, 1.54) is 33.5 Å². The molecular formula is C20H21N3O7S2. The summed E-state index contributed by atoms with van der Waals surface area (Å²) < 4.78 is 40.9. The lowest BCUT2D eigenvalue weighted by atomic mass is 10.2. The minimum Gasteiger partial charge on any atom is -0.493 e. The van der Waals surface area contributed by atoms with Crippen LogP contribution in [0.1, 0.15) is 16.8 Å². The summed E-state index contributed by atoms with van der Waals surface area (Å²) in [6, 6.07) is 9.16. The molecule has 0 spiro atoms. The van der Waals surface area contributed by atoms with E-state index < -0.39 is 21.9 Å². The van der Waals surface area contributed by atoms with Crippen LogP contribution < -0.4 is 19.4 Å². The lowest BCUT2D eigenvalue weighted by Crippen LogP contribution is -2.19. The topological polar surface area (TPSA) is 139 Å². The Balaban J connectivity index is 2.18. The Morgan fingerprint density at radius 1 is 1.12 bits per heavy atom. The van der Waals surface area contributed by atoms with Crippen LogP contribution in [0, 0.1) is 0 Å². The van der Waals surface area contributed by atoms with Gasteiger partial charge in [-0.2, -0.15) is 4.99 Å². The third kappa shape index (κ3) is 4.82. The van der Waals surface area contributed by atoms with Crippen LogP contribution in [0.25, 0.3) is 10.2 Å². The Hall–Kier alpha value is -3.22. The fourth-order valence-electron chi connectivity index (χ4n) is 3.04. The van der Waals surface area contributed by atoms with E-state index in [1.54, 1.807) is 28.8 Å². The molecule has 1 aromatic heterocycles. The molecular weight excluding hydrogens is 458 g/mol. The molecule has 0 radical (unpaired) electrons. The number of hydrogen-bond acceptors (Lipinski definition) is 8. The number of nitrogens with zero attached hydrogens (tertiary/aromatic N) is 2. The van der Waals surface area contributed by atoms with Gasteiger partial charge >= 0.3 is 5.97 Å². The molecule has 170 valence electrons. The molecule has 0 bridgehead atoms. The fourth-order valence-corrected chi connectivity index (χ4v) is 4.75. The number of thiazole rings is 1. The van der Waals surface area contributed by atoms with Gasteiger partial charge in [0.25, 0.3) is 5.91 Å². The molecule has 0 unspecified atom stereocenters. The minimum absolute atomic E-state index is 0.0309. The number of carbonyl (C=O) groups is 2. The number of methoxy groups -OCH3 is 3. The summed E-state index contributed by atoms with van der Waals surface area (Å²) in [4.78, 5) is 29.1. The van der Waals surface area contributed by atoms with Gasteiger partial charge in [-0.05, 0) is 30.3 Å². The van der Waals surface area contributed by atoms with Crippen molar-refractivity contribution in [1.29, 1.82) is 0 Å². The van der Waals surface area contributed by atoms with Crippen LogP contribution in [-0.4, -0.2) is 46.2 Å². The second-order valence-corrected chi connectivity index (χ2v) is 9.07. The standard InChI is InChI=1S/C20H21N3O7S2/c1-28-15-6-4-5-13(18(15)30-3)19(25)22-20-23(10-9-17(24)29-2)14-8-7-12(32(21,26)27)11-16(14)31-20/h4-8,11H,9-10H2,1-3H3,(H2,21,26,27). The average Bonchev–Trinajstić information content (AvgIpc) is 3.11. The molecule has 0 aliphatic heterocycles. The first kappa shape index (κ1) is 23.4. The number of fused-ring (bicyclic) bond motifs is 1. The van der Waals surface area contributed by atoms with E-state index in [0.717, 1.165) is 11.3 Å². The van der Waals surface area contributed by atoms with E-state index in [4.69, 9.17) is 19.3 Å². The predicted octanol–water partition coefficient (Wildman–Crippen LogP) is 1.67. The van der Waals surface area contributed by atoms with Crippen LogP contribution in [0.4, 0.5) is 0 Å². The SMILES string of the molecule is COC(=O)CCn1c(=NC(=O)c2cccc(OC)c2OC)sc2cc(S(N)(=O)=O)ccc21. The van der Waals surface area contributed by atoms with Crippen molar-refractivity contribution in [3.8, 4) is 11.5 Å². The van der Waals surface area contributed by atoms with Crippen LogP contribution >= 0.6 is 11.3 Å². The number of nitrogens with two attached hydrogens (primary N) is 1. The number of amides is 1. The van der Waals surface area contributed by atoms with E-state index >= 15 is 0 Å². The number of benzene rings is 2. The maximum atomic E-state index is 13.0. The highest BCUT2D eigenvalue weighted by molar-refractivity contribution is 7.89. The number of sulfonamides is 1. The largest absolute Gasteiger partial charge is 0.493 e. The van der Waals surface area contributed by atoms with E-state index in [-0.39, 0.29) is 34.0 Å². The molecule has 1 amide bonds. The Morgan fingerprint density at radius 2 is 1.88 bits per heavy atom. The quantitative estimate of drug-likeness (QED) is 0.509. The van der Waals surface area contributed by atoms with Crippen molar-refractivity contribution in [1.82, 2.24) is 4.57 Å². The zero-order valence-electron chi connectivity index (χ0n) is 17.5. The zero-order valence-corrected chi connectivity index (χ0v) is 19.2. The van der Waals surface area contributed by atoms with Crippen molar-refractivity contribution >= 4 is 43.5 Å². The number of hydrogen-bond donors (Lipinski definition) is 1. The van der Waals surface area contributed by atoms with Crippen molar-refractivity contribution in [2.24, 2.45) is 10.1 Å². The highest BCUT2D eigenvalue weighted by Gasteiger charge is 2.18. The molecule has 3 rings (SSSR count). The van der Waals surface area contributed by atoms with Gasteiger partial charge < -0.3 is 18.8 Å². The fraction of sp³-hybridized carbons (Fsp3) is 0.250. The summed E-state index contributed by atoms with van der Waals surface area (Å²) >= 11 is 1.09. The lowest BCUT2D eigenvalue weighted by Gasteiger charge is -2.10. The van der Waals surface area contributed by atoms with Gasteiger partial charge in [-0.25, -0.2) is 13.6 Å². The average molecular weight is 480 g/mol. The maximum Gasteiger partial charge on any atom is 0.307 e. The molecule has 0 aliphatic rings. The Bertz CT molecular complexity index is 1360. The molecule has 10 nitrogen and oxygen atoms in total. The number of esters is 1. The highest BCUT2D eigenvalue weighted by atomic mass is 32.2.